The zero-order valence-corrected chi connectivity index (χ0v) is 18.2. The molecule has 7 nitrogen and oxygen atoms in total. The van der Waals surface area contributed by atoms with Crippen LogP contribution in [0, 0.1) is 6.92 Å². The third-order valence-electron chi connectivity index (χ3n) is 4.88. The largest absolute Gasteiger partial charge is 0.493 e. The van der Waals surface area contributed by atoms with E-state index in [0.29, 0.717) is 27.6 Å². The fraction of sp³-hybridized carbons (Fsp3) is 0.381. The van der Waals surface area contributed by atoms with E-state index in [1.807, 2.05) is 36.6 Å². The zero-order valence-electron chi connectivity index (χ0n) is 17.4. The number of Topliss-reactive ketones (excluding diaryl/α,β-unsaturated/α-hetero) is 1. The van der Waals surface area contributed by atoms with E-state index >= 15 is 0 Å². The molecule has 1 aliphatic rings. The SMILES string of the molecule is CCOC(=O)C1=C(C)Nc2sc(C(C)=O)c(C)[n+]2[C@H]1c1ccc(OC)c(OC)c1. The molecule has 1 aromatic heterocycles. The predicted molar refractivity (Wildman–Crippen MR) is 110 cm³/mol. The first-order chi connectivity index (χ1) is 13.8. The monoisotopic (exact) mass is 417 g/mol. The number of aromatic nitrogens is 1. The highest BCUT2D eigenvalue weighted by Gasteiger charge is 2.42. The van der Waals surface area contributed by atoms with Crippen molar-refractivity contribution in [2.24, 2.45) is 0 Å². The molecular formula is C21H25N2O5S+. The van der Waals surface area contributed by atoms with Crippen LogP contribution in [0.25, 0.3) is 0 Å². The second kappa shape index (κ2) is 8.24. The number of ether oxygens (including phenoxy) is 3. The molecular weight excluding hydrogens is 392 g/mol. The Bertz CT molecular complexity index is 1010. The Hall–Kier alpha value is -2.87. The molecule has 0 amide bonds. The van der Waals surface area contributed by atoms with E-state index in [1.165, 1.54) is 11.3 Å². The molecule has 0 saturated carbocycles. The fourth-order valence-electron chi connectivity index (χ4n) is 3.58. The summed E-state index contributed by atoms with van der Waals surface area (Å²) in [6, 6.07) is 5.09. The molecule has 0 saturated heterocycles. The summed E-state index contributed by atoms with van der Waals surface area (Å²) in [6.07, 6.45) is 0. The minimum Gasteiger partial charge on any atom is -0.493 e. The number of carbonyl (C=O) groups excluding carboxylic acids is 2. The van der Waals surface area contributed by atoms with Crippen molar-refractivity contribution in [3.05, 3.63) is 45.6 Å². The first kappa shape index (κ1) is 20.9. The van der Waals surface area contributed by atoms with Gasteiger partial charge in [0, 0.05) is 12.5 Å². The number of allylic oxidation sites excluding steroid dienone is 1. The lowest BCUT2D eigenvalue weighted by Crippen LogP contribution is -2.49. The molecule has 0 unspecified atom stereocenters. The van der Waals surface area contributed by atoms with Gasteiger partial charge in [-0.05, 0) is 44.2 Å². The van der Waals surface area contributed by atoms with Gasteiger partial charge in [0.25, 0.3) is 0 Å². The van der Waals surface area contributed by atoms with Crippen molar-refractivity contribution in [2.45, 2.75) is 33.7 Å². The average molecular weight is 418 g/mol. The van der Waals surface area contributed by atoms with Crippen molar-refractivity contribution < 1.29 is 28.4 Å². The third kappa shape index (κ3) is 3.60. The summed E-state index contributed by atoms with van der Waals surface area (Å²) >= 11 is 1.38. The summed E-state index contributed by atoms with van der Waals surface area (Å²) in [7, 11) is 3.14. The number of thiazole rings is 1. The van der Waals surface area contributed by atoms with Gasteiger partial charge in [0.15, 0.2) is 23.3 Å². The lowest BCUT2D eigenvalue weighted by atomic mass is 9.94. The van der Waals surface area contributed by atoms with Crippen molar-refractivity contribution in [3.63, 3.8) is 0 Å². The Kier molecular flexibility index (Phi) is 5.93. The van der Waals surface area contributed by atoms with Crippen LogP contribution in [0.1, 0.15) is 47.7 Å². The molecule has 1 aliphatic heterocycles. The molecule has 2 aromatic rings. The van der Waals surface area contributed by atoms with Crippen molar-refractivity contribution in [1.82, 2.24) is 0 Å². The minimum atomic E-state index is -0.463. The summed E-state index contributed by atoms with van der Waals surface area (Å²) in [4.78, 5) is 25.7. The van der Waals surface area contributed by atoms with Crippen LogP contribution < -0.4 is 19.4 Å². The molecule has 1 aromatic carbocycles. The maximum absolute atomic E-state index is 12.9. The molecule has 0 fully saturated rings. The lowest BCUT2D eigenvalue weighted by Gasteiger charge is -2.25. The molecule has 3 rings (SSSR count). The van der Waals surface area contributed by atoms with E-state index in [-0.39, 0.29) is 12.4 Å². The summed E-state index contributed by atoms with van der Waals surface area (Å²) in [5.74, 6) is 0.745. The van der Waals surface area contributed by atoms with Gasteiger partial charge in [-0.2, -0.15) is 0 Å². The van der Waals surface area contributed by atoms with E-state index in [9.17, 15) is 9.59 Å². The van der Waals surface area contributed by atoms with Crippen LogP contribution in [-0.2, 0) is 9.53 Å². The molecule has 0 aliphatic carbocycles. The van der Waals surface area contributed by atoms with Crippen LogP contribution in [0.2, 0.25) is 0 Å². The number of ketones is 1. The third-order valence-corrected chi connectivity index (χ3v) is 6.16. The number of esters is 1. The number of hydrogen-bond donors (Lipinski definition) is 1. The molecule has 0 spiro atoms. The Morgan fingerprint density at radius 3 is 2.45 bits per heavy atom. The number of hydrogen-bond acceptors (Lipinski definition) is 7. The normalized spacial score (nSPS) is 15.4. The molecule has 8 heteroatoms. The van der Waals surface area contributed by atoms with Gasteiger partial charge in [0.1, 0.15) is 21.8 Å². The lowest BCUT2D eigenvalue weighted by molar-refractivity contribution is -0.694. The maximum Gasteiger partial charge on any atom is 0.342 e. The van der Waals surface area contributed by atoms with Crippen LogP contribution in [-0.4, -0.2) is 32.6 Å². The zero-order chi connectivity index (χ0) is 21.3. The van der Waals surface area contributed by atoms with E-state index in [4.69, 9.17) is 14.2 Å². The van der Waals surface area contributed by atoms with E-state index in [2.05, 4.69) is 5.32 Å². The van der Waals surface area contributed by atoms with Crippen molar-refractivity contribution in [1.29, 1.82) is 0 Å². The summed E-state index contributed by atoms with van der Waals surface area (Å²) < 4.78 is 18.1. The van der Waals surface area contributed by atoms with Gasteiger partial charge < -0.3 is 14.2 Å². The highest BCUT2D eigenvalue weighted by molar-refractivity contribution is 7.17. The quantitative estimate of drug-likeness (QED) is 0.441. The Labute approximate surface area is 173 Å². The van der Waals surface area contributed by atoms with Crippen LogP contribution in [0.4, 0.5) is 5.13 Å². The molecule has 29 heavy (non-hydrogen) atoms. The Morgan fingerprint density at radius 2 is 1.86 bits per heavy atom. The van der Waals surface area contributed by atoms with Gasteiger partial charge in [0.05, 0.1) is 20.8 Å². The molecule has 1 N–H and O–H groups in total. The number of rotatable bonds is 6. The van der Waals surface area contributed by atoms with Crippen LogP contribution in [0.5, 0.6) is 11.5 Å². The number of methoxy groups -OCH3 is 2. The molecule has 0 bridgehead atoms. The van der Waals surface area contributed by atoms with Crippen molar-refractivity contribution in [3.8, 4) is 11.5 Å². The smallest absolute Gasteiger partial charge is 0.342 e. The van der Waals surface area contributed by atoms with Gasteiger partial charge in [-0.15, -0.1) is 0 Å². The number of nitrogens with zero attached hydrogens (tertiary/aromatic N) is 1. The van der Waals surface area contributed by atoms with Crippen LogP contribution in [0.3, 0.4) is 0 Å². The van der Waals surface area contributed by atoms with Gasteiger partial charge in [0.2, 0.25) is 0 Å². The number of fused-ring (bicyclic) bond motifs is 1. The second-order valence-electron chi connectivity index (χ2n) is 6.65. The standard InChI is InChI=1S/C21H24N2O5S/c1-7-28-20(25)17-11(2)22-21-23(12(3)19(29-21)13(4)24)18(17)14-8-9-15(26-5)16(10-14)27-6/h8-10,18H,7H2,1-6H3/p+1/t18-/m0/s1. The highest BCUT2D eigenvalue weighted by Crippen LogP contribution is 2.38. The average Bonchev–Trinajstić information content (AvgIpc) is 3.02. The van der Waals surface area contributed by atoms with E-state index in [1.54, 1.807) is 28.1 Å². The number of nitrogens with one attached hydrogen (secondary N) is 1. The minimum absolute atomic E-state index is 0.0161. The number of benzene rings is 1. The molecule has 154 valence electrons. The Balaban J connectivity index is 2.27. The topological polar surface area (TPSA) is 77.7 Å². The van der Waals surface area contributed by atoms with E-state index < -0.39 is 12.0 Å². The first-order valence-electron chi connectivity index (χ1n) is 9.26. The summed E-state index contributed by atoms with van der Waals surface area (Å²) in [5, 5.41) is 4.06. The number of carbonyl (C=O) groups is 2. The van der Waals surface area contributed by atoms with Crippen LogP contribution >= 0.6 is 11.3 Å². The predicted octanol–water partition coefficient (Wildman–Crippen LogP) is 3.42. The van der Waals surface area contributed by atoms with Crippen molar-refractivity contribution >= 4 is 28.2 Å². The van der Waals surface area contributed by atoms with Crippen LogP contribution in [0.15, 0.2) is 29.5 Å². The van der Waals surface area contributed by atoms with E-state index in [0.717, 1.165) is 16.4 Å². The van der Waals surface area contributed by atoms with Gasteiger partial charge in [-0.3, -0.25) is 4.79 Å². The second-order valence-corrected chi connectivity index (χ2v) is 7.65. The molecule has 1 atom stereocenters. The summed E-state index contributed by atoms with van der Waals surface area (Å²) in [6.45, 7) is 7.31. The molecule has 0 radical (unpaired) electrons. The van der Waals surface area contributed by atoms with Crippen molar-refractivity contribution in [2.75, 3.05) is 26.1 Å². The summed E-state index contributed by atoms with van der Waals surface area (Å²) in [5.41, 5.74) is 2.81. The molecule has 2 heterocycles. The fourth-order valence-corrected chi connectivity index (χ4v) is 4.71. The van der Waals surface area contributed by atoms with Gasteiger partial charge >= 0.3 is 11.1 Å². The van der Waals surface area contributed by atoms with Gasteiger partial charge in [-0.1, -0.05) is 6.07 Å². The maximum atomic E-state index is 12.9. The highest BCUT2D eigenvalue weighted by atomic mass is 32.1. The first-order valence-corrected chi connectivity index (χ1v) is 10.1. The number of anilines is 1. The van der Waals surface area contributed by atoms with Gasteiger partial charge in [-0.25, -0.2) is 14.7 Å². The Morgan fingerprint density at radius 1 is 1.17 bits per heavy atom.